The first-order chi connectivity index (χ1) is 12.7. The van der Waals surface area contributed by atoms with Crippen molar-refractivity contribution in [2.45, 2.75) is 103 Å². The van der Waals surface area contributed by atoms with Crippen molar-refractivity contribution in [2.24, 2.45) is 0 Å². The average Bonchev–Trinajstić information content (AvgIpc) is 2.61. The molecule has 0 spiro atoms. The average molecular weight is 366 g/mol. The number of rotatable bonds is 2. The number of nitrogens with zero attached hydrogens (tertiary/aromatic N) is 1. The minimum atomic E-state index is -0.905. The van der Waals surface area contributed by atoms with E-state index in [0.29, 0.717) is 13.0 Å². The van der Waals surface area contributed by atoms with Gasteiger partial charge in [-0.15, -0.1) is 0 Å². The maximum absolute atomic E-state index is 12.3. The van der Waals surface area contributed by atoms with Gasteiger partial charge in [0, 0.05) is 13.0 Å². The zero-order chi connectivity index (χ0) is 18.9. The Morgan fingerprint density at radius 1 is 0.769 bits per heavy atom. The lowest BCUT2D eigenvalue weighted by Crippen LogP contribution is -2.36. The summed E-state index contributed by atoms with van der Waals surface area (Å²) in [6, 6.07) is 0. The van der Waals surface area contributed by atoms with Crippen LogP contribution in [0.4, 0.5) is 0 Å². The Balaban J connectivity index is 2.38. The topological polar surface area (TPSA) is 57.6 Å². The summed E-state index contributed by atoms with van der Waals surface area (Å²) < 4.78 is 0. The van der Waals surface area contributed by atoms with E-state index in [1.54, 1.807) is 4.90 Å². The number of carboxylic acid groups (broad SMARTS) is 1. The Kier molecular flexibility index (Phi) is 13.9. The molecule has 4 heteroatoms. The summed E-state index contributed by atoms with van der Waals surface area (Å²) in [6.07, 6.45) is 22.8. The highest BCUT2D eigenvalue weighted by Gasteiger charge is 2.15. The molecule has 150 valence electrons. The number of carbonyl (C=O) groups is 2. The van der Waals surface area contributed by atoms with E-state index in [0.717, 1.165) is 25.7 Å². The molecule has 1 amide bonds. The van der Waals surface area contributed by atoms with Gasteiger partial charge >= 0.3 is 5.97 Å². The molecule has 1 rings (SSSR count). The molecule has 4 nitrogen and oxygen atoms in total. The van der Waals surface area contributed by atoms with Crippen molar-refractivity contribution < 1.29 is 14.7 Å². The second-order valence-electron chi connectivity index (χ2n) is 7.60. The SMILES string of the molecule is O=C(O)CN1CCCCCCCCC/C=C\CCCCCCCCC1=O. The highest BCUT2D eigenvalue weighted by Crippen LogP contribution is 2.13. The molecule has 26 heavy (non-hydrogen) atoms. The van der Waals surface area contributed by atoms with Crippen LogP contribution in [0.2, 0.25) is 0 Å². The first-order valence-electron chi connectivity index (χ1n) is 10.8. The molecule has 0 aliphatic carbocycles. The fourth-order valence-electron chi connectivity index (χ4n) is 3.54. The number of allylic oxidation sites excluding steroid dienone is 2. The van der Waals surface area contributed by atoms with Crippen LogP contribution in [-0.2, 0) is 9.59 Å². The monoisotopic (exact) mass is 365 g/mol. The fraction of sp³-hybridized carbons (Fsp3) is 0.818. The molecule has 0 aromatic heterocycles. The van der Waals surface area contributed by atoms with Crippen LogP contribution in [0.5, 0.6) is 0 Å². The predicted molar refractivity (Wildman–Crippen MR) is 107 cm³/mol. The van der Waals surface area contributed by atoms with E-state index in [2.05, 4.69) is 12.2 Å². The molecule has 0 unspecified atom stereocenters. The van der Waals surface area contributed by atoms with Crippen LogP contribution in [-0.4, -0.2) is 35.0 Å². The van der Waals surface area contributed by atoms with Crippen LogP contribution in [0, 0.1) is 0 Å². The van der Waals surface area contributed by atoms with Crippen LogP contribution in [0.3, 0.4) is 0 Å². The zero-order valence-electron chi connectivity index (χ0n) is 16.6. The fourth-order valence-corrected chi connectivity index (χ4v) is 3.54. The normalized spacial score (nSPS) is 22.3. The van der Waals surface area contributed by atoms with E-state index in [4.69, 9.17) is 5.11 Å². The van der Waals surface area contributed by atoms with Gasteiger partial charge in [-0.1, -0.05) is 69.9 Å². The number of carboxylic acids is 1. The Labute approximate surface area is 160 Å². The summed E-state index contributed by atoms with van der Waals surface area (Å²) in [6.45, 7) is 0.446. The number of aliphatic carboxylic acids is 1. The smallest absolute Gasteiger partial charge is 0.323 e. The molecule has 0 saturated heterocycles. The van der Waals surface area contributed by atoms with Crippen LogP contribution in [0.15, 0.2) is 12.2 Å². The number of carbonyl (C=O) groups excluding carboxylic acids is 1. The van der Waals surface area contributed by atoms with Crippen molar-refractivity contribution in [1.29, 1.82) is 0 Å². The third-order valence-electron chi connectivity index (χ3n) is 5.16. The maximum atomic E-state index is 12.3. The highest BCUT2D eigenvalue weighted by atomic mass is 16.4. The lowest BCUT2D eigenvalue weighted by atomic mass is 10.1. The molecule has 1 aliphatic heterocycles. The molecule has 1 aliphatic rings. The van der Waals surface area contributed by atoms with Gasteiger partial charge < -0.3 is 10.0 Å². The van der Waals surface area contributed by atoms with Crippen LogP contribution < -0.4 is 0 Å². The lowest BCUT2D eigenvalue weighted by Gasteiger charge is -2.20. The van der Waals surface area contributed by atoms with Gasteiger partial charge in [-0.2, -0.15) is 0 Å². The molecule has 1 N–H and O–H groups in total. The quantitative estimate of drug-likeness (QED) is 0.638. The van der Waals surface area contributed by atoms with Gasteiger partial charge in [-0.25, -0.2) is 0 Å². The van der Waals surface area contributed by atoms with E-state index < -0.39 is 5.97 Å². The van der Waals surface area contributed by atoms with Crippen LogP contribution >= 0.6 is 0 Å². The van der Waals surface area contributed by atoms with Gasteiger partial charge in [0.25, 0.3) is 0 Å². The summed E-state index contributed by atoms with van der Waals surface area (Å²) in [4.78, 5) is 24.9. The van der Waals surface area contributed by atoms with Crippen molar-refractivity contribution >= 4 is 11.9 Å². The van der Waals surface area contributed by atoms with Crippen molar-refractivity contribution in [1.82, 2.24) is 4.90 Å². The van der Waals surface area contributed by atoms with Crippen molar-refractivity contribution in [3.8, 4) is 0 Å². The summed E-state index contributed by atoms with van der Waals surface area (Å²) in [5, 5.41) is 9.05. The molecule has 0 aromatic carbocycles. The molecule has 0 atom stereocenters. The summed E-state index contributed by atoms with van der Waals surface area (Å²) in [5.74, 6) is -0.888. The molecular formula is C22H39NO3. The second kappa shape index (κ2) is 15.9. The Morgan fingerprint density at radius 2 is 1.23 bits per heavy atom. The van der Waals surface area contributed by atoms with Crippen molar-refractivity contribution in [3.05, 3.63) is 12.2 Å². The highest BCUT2D eigenvalue weighted by molar-refractivity contribution is 5.81. The minimum absolute atomic E-state index is 0.0171. The van der Waals surface area contributed by atoms with E-state index >= 15 is 0 Å². The number of hydrogen-bond donors (Lipinski definition) is 1. The van der Waals surface area contributed by atoms with Crippen molar-refractivity contribution in [3.63, 3.8) is 0 Å². The maximum Gasteiger partial charge on any atom is 0.323 e. The first-order valence-corrected chi connectivity index (χ1v) is 10.8. The van der Waals surface area contributed by atoms with Crippen LogP contribution in [0.25, 0.3) is 0 Å². The zero-order valence-corrected chi connectivity index (χ0v) is 16.6. The number of hydrogen-bond acceptors (Lipinski definition) is 2. The molecule has 0 bridgehead atoms. The van der Waals surface area contributed by atoms with Gasteiger partial charge in [0.15, 0.2) is 0 Å². The lowest BCUT2D eigenvalue weighted by molar-refractivity contribution is -0.144. The van der Waals surface area contributed by atoms with Gasteiger partial charge in [0.2, 0.25) is 5.91 Å². The molecule has 0 radical (unpaired) electrons. The van der Waals surface area contributed by atoms with E-state index in [9.17, 15) is 9.59 Å². The predicted octanol–water partition coefficient (Wildman–Crippen LogP) is 5.71. The minimum Gasteiger partial charge on any atom is -0.480 e. The van der Waals surface area contributed by atoms with E-state index in [1.165, 1.54) is 70.6 Å². The second-order valence-corrected chi connectivity index (χ2v) is 7.60. The molecule has 1 heterocycles. The number of amides is 1. The van der Waals surface area contributed by atoms with E-state index in [1.807, 2.05) is 0 Å². The molecule has 0 saturated carbocycles. The van der Waals surface area contributed by atoms with Gasteiger partial charge in [0.05, 0.1) is 0 Å². The van der Waals surface area contributed by atoms with Gasteiger partial charge in [-0.05, 0) is 38.5 Å². The summed E-state index contributed by atoms with van der Waals surface area (Å²) in [7, 11) is 0. The van der Waals surface area contributed by atoms with Crippen LogP contribution in [0.1, 0.15) is 103 Å². The molecule has 0 fully saturated rings. The Hall–Kier alpha value is -1.32. The summed E-state index contributed by atoms with van der Waals surface area (Å²) in [5.41, 5.74) is 0. The standard InChI is InChI=1S/C22H39NO3/c24-21-18-16-14-12-10-8-6-4-2-1-3-5-7-9-11-13-15-17-19-23(21)20-22(25)26/h1-2H,3-20H2,(H,25,26)/b2-1-. The summed E-state index contributed by atoms with van der Waals surface area (Å²) >= 11 is 0. The Bertz CT molecular complexity index is 406. The van der Waals surface area contributed by atoms with Crippen molar-refractivity contribution in [2.75, 3.05) is 13.1 Å². The van der Waals surface area contributed by atoms with Gasteiger partial charge in [0.1, 0.15) is 6.54 Å². The molecule has 0 aromatic rings. The van der Waals surface area contributed by atoms with E-state index in [-0.39, 0.29) is 12.5 Å². The third-order valence-corrected chi connectivity index (χ3v) is 5.16. The Morgan fingerprint density at radius 3 is 1.77 bits per heavy atom. The molecular weight excluding hydrogens is 326 g/mol. The largest absolute Gasteiger partial charge is 0.480 e. The third kappa shape index (κ3) is 13.0. The van der Waals surface area contributed by atoms with Gasteiger partial charge in [-0.3, -0.25) is 9.59 Å². The first kappa shape index (κ1) is 22.7.